The van der Waals surface area contributed by atoms with Crippen molar-refractivity contribution in [3.63, 3.8) is 0 Å². The van der Waals surface area contributed by atoms with Crippen molar-refractivity contribution in [3.8, 4) is 0 Å². The van der Waals surface area contributed by atoms with Crippen LogP contribution in [0.15, 0.2) is 23.7 Å². The molecule has 1 N–H and O–H groups in total. The summed E-state index contributed by atoms with van der Waals surface area (Å²) in [6, 6.07) is 4.68. The number of aryl methyl sites for hydroxylation is 1. The first-order valence-electron chi connectivity index (χ1n) is 9.45. The Bertz CT molecular complexity index is 707. The van der Waals surface area contributed by atoms with E-state index in [1.807, 2.05) is 23.6 Å². The number of morpholine rings is 1. The van der Waals surface area contributed by atoms with Gasteiger partial charge in [0.1, 0.15) is 5.82 Å². The van der Waals surface area contributed by atoms with Crippen LogP contribution >= 0.6 is 11.3 Å². The molecular formula is C19H27N5OS. The molecule has 4 heterocycles. The molecule has 0 amide bonds. The Hall–Kier alpha value is -1.70. The third-order valence-electron chi connectivity index (χ3n) is 5.21. The molecule has 0 spiro atoms. The second-order valence-corrected chi connectivity index (χ2v) is 8.06. The average molecular weight is 374 g/mol. The van der Waals surface area contributed by atoms with Gasteiger partial charge >= 0.3 is 0 Å². The summed E-state index contributed by atoms with van der Waals surface area (Å²) in [6.07, 6.45) is 4.16. The molecule has 0 atom stereocenters. The van der Waals surface area contributed by atoms with Gasteiger partial charge in [-0.1, -0.05) is 0 Å². The van der Waals surface area contributed by atoms with Crippen LogP contribution in [0.3, 0.4) is 0 Å². The molecule has 0 aliphatic carbocycles. The minimum Gasteiger partial charge on any atom is -0.378 e. The average Bonchev–Trinajstić information content (AvgIpc) is 3.09. The van der Waals surface area contributed by atoms with Crippen molar-refractivity contribution >= 4 is 23.1 Å². The largest absolute Gasteiger partial charge is 0.378 e. The molecule has 4 rings (SSSR count). The standard InChI is InChI=1S/C19H27N5OS/c1-15-5-13-26-17(15)14-23-7-3-16(4-8-23)21-18-2-6-20-19(22-18)24-9-11-25-12-10-24/h2,5-6,13,16H,3-4,7-12,14H2,1H3,(H,20,21,22). The lowest BCUT2D eigenvalue weighted by atomic mass is 10.0. The van der Waals surface area contributed by atoms with Gasteiger partial charge in [0.05, 0.1) is 13.2 Å². The van der Waals surface area contributed by atoms with Crippen molar-refractivity contribution < 1.29 is 4.74 Å². The number of aromatic nitrogens is 2. The molecule has 2 aliphatic heterocycles. The predicted molar refractivity (Wildman–Crippen MR) is 106 cm³/mol. The first-order valence-corrected chi connectivity index (χ1v) is 10.3. The normalized spacial score (nSPS) is 19.7. The number of nitrogens with zero attached hydrogens (tertiary/aromatic N) is 4. The zero-order chi connectivity index (χ0) is 17.8. The van der Waals surface area contributed by atoms with Crippen LogP contribution in [0.5, 0.6) is 0 Å². The molecule has 140 valence electrons. The van der Waals surface area contributed by atoms with Crippen molar-refractivity contribution in [1.29, 1.82) is 0 Å². The zero-order valence-electron chi connectivity index (χ0n) is 15.4. The summed E-state index contributed by atoms with van der Waals surface area (Å²) in [5.41, 5.74) is 1.42. The van der Waals surface area contributed by atoms with Gasteiger partial charge in [-0.2, -0.15) is 4.98 Å². The highest BCUT2D eigenvalue weighted by molar-refractivity contribution is 7.10. The summed E-state index contributed by atoms with van der Waals surface area (Å²) < 4.78 is 5.41. The Morgan fingerprint density at radius 3 is 2.73 bits per heavy atom. The van der Waals surface area contributed by atoms with Crippen molar-refractivity contribution in [3.05, 3.63) is 34.2 Å². The molecule has 0 aromatic carbocycles. The molecule has 2 fully saturated rings. The zero-order valence-corrected chi connectivity index (χ0v) is 16.2. The van der Waals surface area contributed by atoms with Gasteiger partial charge in [-0.05, 0) is 42.8 Å². The van der Waals surface area contributed by atoms with E-state index in [2.05, 4.69) is 38.5 Å². The molecule has 2 aromatic heterocycles. The van der Waals surface area contributed by atoms with Crippen molar-refractivity contribution in [2.75, 3.05) is 49.6 Å². The molecule has 2 saturated heterocycles. The Kier molecular flexibility index (Phi) is 5.67. The molecule has 2 aromatic rings. The summed E-state index contributed by atoms with van der Waals surface area (Å²) >= 11 is 1.87. The van der Waals surface area contributed by atoms with Gasteiger partial charge in [0.2, 0.25) is 5.95 Å². The fraction of sp³-hybridized carbons (Fsp3) is 0.579. The molecular weight excluding hydrogens is 346 g/mol. The topological polar surface area (TPSA) is 53.5 Å². The number of rotatable bonds is 5. The third-order valence-corrected chi connectivity index (χ3v) is 6.22. The van der Waals surface area contributed by atoms with Crippen LogP contribution in [0.2, 0.25) is 0 Å². The van der Waals surface area contributed by atoms with Crippen LogP contribution in [0.1, 0.15) is 23.3 Å². The van der Waals surface area contributed by atoms with E-state index < -0.39 is 0 Å². The van der Waals surface area contributed by atoms with E-state index in [1.54, 1.807) is 0 Å². The lowest BCUT2D eigenvalue weighted by Gasteiger charge is -2.32. The van der Waals surface area contributed by atoms with E-state index >= 15 is 0 Å². The molecule has 0 unspecified atom stereocenters. The smallest absolute Gasteiger partial charge is 0.227 e. The van der Waals surface area contributed by atoms with E-state index in [-0.39, 0.29) is 0 Å². The number of anilines is 2. The van der Waals surface area contributed by atoms with Crippen molar-refractivity contribution in [2.45, 2.75) is 32.4 Å². The van der Waals surface area contributed by atoms with Crippen LogP contribution in [0, 0.1) is 6.92 Å². The highest BCUT2D eigenvalue weighted by atomic mass is 32.1. The van der Waals surface area contributed by atoms with Gasteiger partial charge in [0, 0.05) is 49.8 Å². The number of hydrogen-bond acceptors (Lipinski definition) is 7. The maximum atomic E-state index is 5.41. The third kappa shape index (κ3) is 4.34. The molecule has 0 radical (unpaired) electrons. The number of thiophene rings is 1. The quantitative estimate of drug-likeness (QED) is 0.870. The lowest BCUT2D eigenvalue weighted by molar-refractivity contribution is 0.122. The highest BCUT2D eigenvalue weighted by Gasteiger charge is 2.21. The Labute approximate surface area is 159 Å². The van der Waals surface area contributed by atoms with Gasteiger partial charge in [-0.25, -0.2) is 4.98 Å². The second kappa shape index (κ2) is 8.33. The summed E-state index contributed by atoms with van der Waals surface area (Å²) in [7, 11) is 0. The van der Waals surface area contributed by atoms with E-state index in [4.69, 9.17) is 9.72 Å². The first-order chi connectivity index (χ1) is 12.8. The number of ether oxygens (including phenoxy) is 1. The molecule has 7 heteroatoms. The predicted octanol–water partition coefficient (Wildman–Crippen LogP) is 2.76. The maximum absolute atomic E-state index is 5.41. The van der Waals surface area contributed by atoms with Gasteiger partial charge in [-0.15, -0.1) is 11.3 Å². The summed E-state index contributed by atoms with van der Waals surface area (Å²) in [4.78, 5) is 15.4. The van der Waals surface area contributed by atoms with Crippen LogP contribution in [0.4, 0.5) is 11.8 Å². The first kappa shape index (κ1) is 17.7. The number of likely N-dealkylation sites (tertiary alicyclic amines) is 1. The van der Waals surface area contributed by atoms with E-state index in [0.29, 0.717) is 6.04 Å². The van der Waals surface area contributed by atoms with Crippen molar-refractivity contribution in [2.24, 2.45) is 0 Å². The number of nitrogens with one attached hydrogen (secondary N) is 1. The fourth-order valence-electron chi connectivity index (χ4n) is 3.56. The SMILES string of the molecule is Cc1ccsc1CN1CCC(Nc2ccnc(N3CCOCC3)n2)CC1. The fourth-order valence-corrected chi connectivity index (χ4v) is 4.51. The maximum Gasteiger partial charge on any atom is 0.227 e. The van der Waals surface area contributed by atoms with Crippen LogP contribution in [-0.2, 0) is 11.3 Å². The Morgan fingerprint density at radius 2 is 2.00 bits per heavy atom. The van der Waals surface area contributed by atoms with Crippen LogP contribution in [-0.4, -0.2) is 60.3 Å². The highest BCUT2D eigenvalue weighted by Crippen LogP contribution is 2.22. The van der Waals surface area contributed by atoms with Crippen LogP contribution < -0.4 is 10.2 Å². The van der Waals surface area contributed by atoms with E-state index in [0.717, 1.165) is 70.5 Å². The number of hydrogen-bond donors (Lipinski definition) is 1. The van der Waals surface area contributed by atoms with Gasteiger partial charge in [0.15, 0.2) is 0 Å². The van der Waals surface area contributed by atoms with Crippen LogP contribution in [0.25, 0.3) is 0 Å². The van der Waals surface area contributed by atoms with Gasteiger partial charge < -0.3 is 15.0 Å². The molecule has 26 heavy (non-hydrogen) atoms. The van der Waals surface area contributed by atoms with Crippen molar-refractivity contribution in [1.82, 2.24) is 14.9 Å². The summed E-state index contributed by atoms with van der Waals surface area (Å²) in [6.45, 7) is 8.80. The summed E-state index contributed by atoms with van der Waals surface area (Å²) in [5, 5.41) is 5.81. The minimum absolute atomic E-state index is 0.489. The van der Waals surface area contributed by atoms with E-state index in [9.17, 15) is 0 Å². The monoisotopic (exact) mass is 373 g/mol. The molecule has 0 saturated carbocycles. The Balaban J connectivity index is 1.29. The van der Waals surface area contributed by atoms with E-state index in [1.165, 1.54) is 10.4 Å². The number of piperidine rings is 1. The summed E-state index contributed by atoms with van der Waals surface area (Å²) in [5.74, 6) is 1.75. The Morgan fingerprint density at radius 1 is 1.19 bits per heavy atom. The van der Waals surface area contributed by atoms with Gasteiger partial charge in [0.25, 0.3) is 0 Å². The molecule has 6 nitrogen and oxygen atoms in total. The lowest BCUT2D eigenvalue weighted by Crippen LogP contribution is -2.39. The second-order valence-electron chi connectivity index (χ2n) is 7.06. The van der Waals surface area contributed by atoms with Gasteiger partial charge in [-0.3, -0.25) is 4.90 Å². The molecule has 0 bridgehead atoms. The molecule has 2 aliphatic rings. The minimum atomic E-state index is 0.489.